The molecule has 0 aromatic carbocycles. The van der Waals surface area contributed by atoms with Crippen molar-refractivity contribution in [1.82, 2.24) is 0 Å². The fraction of sp³-hybridized carbons (Fsp3) is 0.955. The number of halogens is 17. The summed E-state index contributed by atoms with van der Waals surface area (Å²) < 4.78 is 244. The minimum atomic E-state index is -8.92. The quantitative estimate of drug-likeness (QED) is 0.123. The first-order valence-corrected chi connectivity index (χ1v) is 15.9. The van der Waals surface area contributed by atoms with Crippen molar-refractivity contribution in [2.24, 2.45) is 5.92 Å². The minimum Gasteiger partial charge on any atom is -0.743 e. The Morgan fingerprint density at radius 2 is 0.933 bits per heavy atom. The summed E-state index contributed by atoms with van der Waals surface area (Å²) in [6.07, 6.45) is 6.38. The SMILES string of the molecule is C[S+](CC(=O)C1CCCC1)C1CCCCC1.O=S(=O)([O-])C(F)(F)C(F)(F)C(F)(F)C(F)(F)C(F)(F)C(F)(F)C(F)(F)C(F)(F)F. The molecular formula is C22H25F17O4S2. The van der Waals surface area contributed by atoms with Crippen molar-refractivity contribution in [2.45, 2.75) is 110 Å². The lowest BCUT2D eigenvalue weighted by Crippen LogP contribution is -2.75. The van der Waals surface area contributed by atoms with E-state index in [4.69, 9.17) is 0 Å². The van der Waals surface area contributed by atoms with Gasteiger partial charge in [-0.2, -0.15) is 74.6 Å². The molecule has 0 aliphatic heterocycles. The number of rotatable bonds is 11. The van der Waals surface area contributed by atoms with Gasteiger partial charge in [-0.05, 0) is 49.4 Å². The van der Waals surface area contributed by atoms with Crippen molar-refractivity contribution in [3.63, 3.8) is 0 Å². The molecule has 0 bridgehead atoms. The van der Waals surface area contributed by atoms with E-state index in [2.05, 4.69) is 6.26 Å². The van der Waals surface area contributed by atoms with Crippen LogP contribution in [0.15, 0.2) is 0 Å². The number of hydrogen-bond donors (Lipinski definition) is 0. The van der Waals surface area contributed by atoms with Crippen LogP contribution in [0.2, 0.25) is 0 Å². The first-order valence-electron chi connectivity index (χ1n) is 12.6. The standard InChI is InChI=1S/C14H25OS.C8HF17O3S/c1-16(13-9-3-2-4-10-13)11-14(15)12-7-5-6-8-12;9-1(10,3(13,14)5(17,18)7(21,22)23)2(11,12)4(15,16)6(19,20)8(24,25)29(26,27)28/h12-13H,2-11H2,1H3;(H,26,27,28)/q+1;/p-1. The van der Waals surface area contributed by atoms with Crippen molar-refractivity contribution < 1.29 is 92.4 Å². The Morgan fingerprint density at radius 3 is 1.29 bits per heavy atom. The highest BCUT2D eigenvalue weighted by Gasteiger charge is 2.95. The number of carbonyl (C=O) groups excluding carboxylic acids is 1. The van der Waals surface area contributed by atoms with E-state index in [1.807, 2.05) is 0 Å². The average Bonchev–Trinajstić information content (AvgIpc) is 3.43. The molecular weight excluding hydrogens is 715 g/mol. The number of carbonyl (C=O) groups is 1. The topological polar surface area (TPSA) is 74.3 Å². The summed E-state index contributed by atoms with van der Waals surface area (Å²) in [6, 6.07) is 0. The molecule has 4 nitrogen and oxygen atoms in total. The minimum absolute atomic E-state index is 0.368. The van der Waals surface area contributed by atoms with Crippen LogP contribution in [0.1, 0.15) is 57.8 Å². The maximum absolute atomic E-state index is 13.0. The van der Waals surface area contributed by atoms with Crippen LogP contribution in [0.3, 0.4) is 0 Å². The molecule has 23 heteroatoms. The first kappa shape index (κ1) is 41.8. The van der Waals surface area contributed by atoms with Crippen LogP contribution in [-0.2, 0) is 25.8 Å². The van der Waals surface area contributed by atoms with Gasteiger partial charge in [0.2, 0.25) is 0 Å². The van der Waals surface area contributed by atoms with Crippen LogP contribution < -0.4 is 0 Å². The largest absolute Gasteiger partial charge is 0.743 e. The molecule has 2 saturated carbocycles. The third kappa shape index (κ3) is 7.43. The van der Waals surface area contributed by atoms with Gasteiger partial charge in [-0.3, -0.25) is 4.79 Å². The molecule has 2 rings (SSSR count). The Labute approximate surface area is 247 Å². The van der Waals surface area contributed by atoms with Crippen LogP contribution in [0, 0.1) is 5.92 Å². The van der Waals surface area contributed by atoms with Gasteiger partial charge in [-0.1, -0.05) is 19.3 Å². The molecule has 1 unspecified atom stereocenters. The van der Waals surface area contributed by atoms with Crippen LogP contribution >= 0.6 is 0 Å². The predicted molar refractivity (Wildman–Crippen MR) is 122 cm³/mol. The zero-order valence-electron chi connectivity index (χ0n) is 22.6. The molecule has 45 heavy (non-hydrogen) atoms. The van der Waals surface area contributed by atoms with E-state index < -0.39 is 57.1 Å². The maximum atomic E-state index is 13.0. The fourth-order valence-corrected chi connectivity index (χ4v) is 6.98. The molecule has 0 aromatic heterocycles. The predicted octanol–water partition coefficient (Wildman–Crippen LogP) is 7.83. The highest BCUT2D eigenvalue weighted by atomic mass is 32.2. The van der Waals surface area contributed by atoms with E-state index in [0.29, 0.717) is 22.6 Å². The van der Waals surface area contributed by atoms with E-state index in [1.165, 1.54) is 57.8 Å². The highest BCUT2D eigenvalue weighted by Crippen LogP contribution is 2.64. The third-order valence-corrected chi connectivity index (χ3v) is 10.5. The van der Waals surface area contributed by atoms with Crippen molar-refractivity contribution >= 4 is 26.8 Å². The van der Waals surface area contributed by atoms with Gasteiger partial charge >= 0.3 is 47.0 Å². The third-order valence-electron chi connectivity index (χ3n) is 7.31. The molecule has 268 valence electrons. The lowest BCUT2D eigenvalue weighted by molar-refractivity contribution is -0.458. The van der Waals surface area contributed by atoms with E-state index in [9.17, 15) is 92.4 Å². The zero-order valence-corrected chi connectivity index (χ0v) is 24.2. The van der Waals surface area contributed by atoms with E-state index in [0.717, 1.165) is 11.0 Å². The van der Waals surface area contributed by atoms with E-state index >= 15 is 0 Å². The molecule has 2 aliphatic rings. The Hall–Kier alpha value is -1.26. The maximum Gasteiger partial charge on any atom is 0.460 e. The van der Waals surface area contributed by atoms with Crippen molar-refractivity contribution in [3.05, 3.63) is 0 Å². The Morgan fingerprint density at radius 1 is 0.600 bits per heavy atom. The smallest absolute Gasteiger partial charge is 0.460 e. The molecule has 0 aromatic rings. The molecule has 2 fully saturated rings. The normalized spacial score (nSPS) is 20.1. The van der Waals surface area contributed by atoms with Crippen LogP contribution in [0.25, 0.3) is 0 Å². The van der Waals surface area contributed by atoms with Crippen LogP contribution in [0.5, 0.6) is 0 Å². The van der Waals surface area contributed by atoms with Gasteiger partial charge in [-0.15, -0.1) is 0 Å². The number of ketones is 1. The van der Waals surface area contributed by atoms with Crippen molar-refractivity contribution in [2.75, 3.05) is 12.0 Å². The first-order chi connectivity index (χ1) is 19.8. The van der Waals surface area contributed by atoms with Gasteiger partial charge < -0.3 is 4.55 Å². The monoisotopic (exact) mass is 740 g/mol. The number of hydrogen-bond acceptors (Lipinski definition) is 4. The summed E-state index contributed by atoms with van der Waals surface area (Å²) in [5.41, 5.74) is 0. The molecule has 0 amide bonds. The highest BCUT2D eigenvalue weighted by molar-refractivity contribution is 7.97. The van der Waals surface area contributed by atoms with Gasteiger partial charge in [0.1, 0.15) is 5.25 Å². The van der Waals surface area contributed by atoms with E-state index in [1.54, 1.807) is 0 Å². The molecule has 0 heterocycles. The summed E-state index contributed by atoms with van der Waals surface area (Å²) in [7, 11) is -7.78. The van der Waals surface area contributed by atoms with E-state index in [-0.39, 0.29) is 0 Å². The molecule has 0 spiro atoms. The summed E-state index contributed by atoms with van der Waals surface area (Å²) in [5, 5.41) is -7.08. The summed E-state index contributed by atoms with van der Waals surface area (Å²) in [6.45, 7) is 0. The zero-order chi connectivity index (χ0) is 35.9. The van der Waals surface area contributed by atoms with Gasteiger partial charge in [0.25, 0.3) is 0 Å². The van der Waals surface area contributed by atoms with Gasteiger partial charge in [0.15, 0.2) is 21.7 Å². The second kappa shape index (κ2) is 13.3. The fourth-order valence-electron chi connectivity index (χ4n) is 4.48. The average molecular weight is 741 g/mol. The lowest BCUT2D eigenvalue weighted by Gasteiger charge is -2.42. The second-order valence-electron chi connectivity index (χ2n) is 10.5. The molecule has 2 aliphatic carbocycles. The molecule has 0 saturated heterocycles. The second-order valence-corrected chi connectivity index (χ2v) is 14.2. The van der Waals surface area contributed by atoms with Crippen LogP contribution in [-0.4, -0.2) is 83.0 Å². The van der Waals surface area contributed by atoms with Crippen LogP contribution in [0.4, 0.5) is 74.6 Å². The summed E-state index contributed by atoms with van der Waals surface area (Å²) in [4.78, 5) is 12.1. The Balaban J connectivity index is 0.000000526. The molecule has 0 N–H and O–H groups in total. The lowest BCUT2D eigenvalue weighted by atomic mass is 9.91. The number of Topliss-reactive ketones (excluding diaryl/α,β-unsaturated/α-hetero) is 1. The number of alkyl halides is 17. The van der Waals surface area contributed by atoms with Gasteiger partial charge in [0, 0.05) is 5.92 Å². The Bertz CT molecular complexity index is 1130. The van der Waals surface area contributed by atoms with Crippen molar-refractivity contribution in [3.8, 4) is 0 Å². The van der Waals surface area contributed by atoms with Gasteiger partial charge in [0.05, 0.1) is 6.26 Å². The molecule has 1 atom stereocenters. The molecule has 0 radical (unpaired) electrons. The Kier molecular flexibility index (Phi) is 12.4. The summed E-state index contributed by atoms with van der Waals surface area (Å²) >= 11 is 0. The summed E-state index contributed by atoms with van der Waals surface area (Å²) in [5.74, 6) is -50.2. The van der Waals surface area contributed by atoms with Gasteiger partial charge in [-0.25, -0.2) is 8.42 Å². The van der Waals surface area contributed by atoms with Crippen molar-refractivity contribution in [1.29, 1.82) is 0 Å².